The Bertz CT molecular complexity index is 523. The van der Waals surface area contributed by atoms with E-state index in [1.165, 1.54) is 0 Å². The summed E-state index contributed by atoms with van der Waals surface area (Å²) in [6.45, 7) is 5.22. The summed E-state index contributed by atoms with van der Waals surface area (Å²) in [4.78, 5) is 0.326. The second kappa shape index (κ2) is 6.89. The molecule has 1 aliphatic heterocycles. The molecule has 112 valence electrons. The topological polar surface area (TPSA) is 49.4 Å². The van der Waals surface area contributed by atoms with Crippen molar-refractivity contribution in [2.24, 2.45) is 5.92 Å². The Morgan fingerprint density at radius 2 is 1.85 bits per heavy atom. The standard InChI is InChI=1S/C14H21ClN2O2S/c1-2-16-11-12-7-9-17(10-8-12)20(18,19)14-5-3-13(15)4-6-14/h3-6,12,16H,2,7-11H2,1H3. The van der Waals surface area contributed by atoms with Crippen LogP contribution in [0.2, 0.25) is 5.02 Å². The highest BCUT2D eigenvalue weighted by Crippen LogP contribution is 2.24. The van der Waals surface area contributed by atoms with Crippen molar-refractivity contribution in [1.82, 2.24) is 9.62 Å². The highest BCUT2D eigenvalue weighted by molar-refractivity contribution is 7.89. The quantitative estimate of drug-likeness (QED) is 0.907. The molecule has 0 amide bonds. The van der Waals surface area contributed by atoms with Gasteiger partial charge in [0.25, 0.3) is 0 Å². The lowest BCUT2D eigenvalue weighted by Gasteiger charge is -2.31. The van der Waals surface area contributed by atoms with Crippen molar-refractivity contribution in [1.29, 1.82) is 0 Å². The number of hydrogen-bond donors (Lipinski definition) is 1. The minimum atomic E-state index is -3.37. The number of hydrogen-bond acceptors (Lipinski definition) is 3. The maximum Gasteiger partial charge on any atom is 0.243 e. The maximum atomic E-state index is 12.5. The van der Waals surface area contributed by atoms with Gasteiger partial charge in [0.05, 0.1) is 4.90 Å². The van der Waals surface area contributed by atoms with Crippen LogP contribution < -0.4 is 5.32 Å². The van der Waals surface area contributed by atoms with E-state index < -0.39 is 10.0 Å². The van der Waals surface area contributed by atoms with E-state index in [4.69, 9.17) is 11.6 Å². The molecule has 4 nitrogen and oxygen atoms in total. The minimum absolute atomic E-state index is 0.326. The minimum Gasteiger partial charge on any atom is -0.317 e. The van der Waals surface area contributed by atoms with E-state index >= 15 is 0 Å². The van der Waals surface area contributed by atoms with E-state index in [0.717, 1.165) is 25.9 Å². The molecule has 0 bridgehead atoms. The van der Waals surface area contributed by atoms with E-state index in [9.17, 15) is 8.42 Å². The van der Waals surface area contributed by atoms with E-state index in [0.29, 0.717) is 28.9 Å². The van der Waals surface area contributed by atoms with Gasteiger partial charge in [-0.3, -0.25) is 0 Å². The molecular formula is C14H21ClN2O2S. The van der Waals surface area contributed by atoms with Gasteiger partial charge in [-0.15, -0.1) is 0 Å². The van der Waals surface area contributed by atoms with Gasteiger partial charge in [0.2, 0.25) is 10.0 Å². The van der Waals surface area contributed by atoms with Crippen molar-refractivity contribution in [3.8, 4) is 0 Å². The molecule has 1 aromatic carbocycles. The first-order valence-corrected chi connectivity index (χ1v) is 8.82. The normalized spacial score (nSPS) is 18.3. The summed E-state index contributed by atoms with van der Waals surface area (Å²) >= 11 is 5.80. The Kier molecular flexibility index (Phi) is 5.43. The summed E-state index contributed by atoms with van der Waals surface area (Å²) in [7, 11) is -3.37. The summed E-state index contributed by atoms with van der Waals surface area (Å²) in [5.74, 6) is 0.576. The van der Waals surface area contributed by atoms with Crippen LogP contribution in [0.15, 0.2) is 29.2 Å². The van der Waals surface area contributed by atoms with E-state index in [1.54, 1.807) is 28.6 Å². The van der Waals surface area contributed by atoms with Gasteiger partial charge in [-0.2, -0.15) is 4.31 Å². The molecule has 0 atom stereocenters. The zero-order valence-electron chi connectivity index (χ0n) is 11.7. The molecule has 1 aliphatic rings. The van der Waals surface area contributed by atoms with Crippen molar-refractivity contribution in [2.45, 2.75) is 24.7 Å². The Hall–Kier alpha value is -0.620. The molecule has 6 heteroatoms. The number of nitrogens with zero attached hydrogens (tertiary/aromatic N) is 1. The molecule has 0 aliphatic carbocycles. The first-order valence-electron chi connectivity index (χ1n) is 7.00. The predicted molar refractivity (Wildman–Crippen MR) is 81.5 cm³/mol. The zero-order valence-corrected chi connectivity index (χ0v) is 13.3. The van der Waals surface area contributed by atoms with Crippen molar-refractivity contribution in [2.75, 3.05) is 26.2 Å². The Balaban J connectivity index is 2.00. The molecule has 1 fully saturated rings. The molecule has 0 spiro atoms. The van der Waals surface area contributed by atoms with Crippen LogP contribution in [0.25, 0.3) is 0 Å². The van der Waals surface area contributed by atoms with Crippen molar-refractivity contribution in [3.05, 3.63) is 29.3 Å². The molecule has 1 aromatic rings. The van der Waals surface area contributed by atoms with Gasteiger partial charge in [0.1, 0.15) is 0 Å². The van der Waals surface area contributed by atoms with Gasteiger partial charge in [0, 0.05) is 18.1 Å². The lowest BCUT2D eigenvalue weighted by Crippen LogP contribution is -2.40. The van der Waals surface area contributed by atoms with Crippen LogP contribution >= 0.6 is 11.6 Å². The highest BCUT2D eigenvalue weighted by atomic mass is 35.5. The average molecular weight is 317 g/mol. The van der Waals surface area contributed by atoms with Crippen LogP contribution in [0.3, 0.4) is 0 Å². The molecule has 0 saturated carbocycles. The number of benzene rings is 1. The summed E-state index contributed by atoms with van der Waals surface area (Å²) in [5, 5.41) is 3.88. The lowest BCUT2D eigenvalue weighted by atomic mass is 9.98. The van der Waals surface area contributed by atoms with Gasteiger partial charge in [-0.05, 0) is 56.1 Å². The second-order valence-electron chi connectivity index (χ2n) is 5.11. The Morgan fingerprint density at radius 1 is 1.25 bits per heavy atom. The largest absolute Gasteiger partial charge is 0.317 e. The molecule has 20 heavy (non-hydrogen) atoms. The summed E-state index contributed by atoms with van der Waals surface area (Å²) in [6, 6.07) is 6.38. The van der Waals surface area contributed by atoms with Gasteiger partial charge in [0.15, 0.2) is 0 Å². The fraction of sp³-hybridized carbons (Fsp3) is 0.571. The van der Waals surface area contributed by atoms with Crippen LogP contribution in [-0.4, -0.2) is 38.9 Å². The average Bonchev–Trinajstić information content (AvgIpc) is 2.46. The SMILES string of the molecule is CCNCC1CCN(S(=O)(=O)c2ccc(Cl)cc2)CC1. The maximum absolute atomic E-state index is 12.5. The third-order valence-electron chi connectivity index (χ3n) is 3.71. The van der Waals surface area contributed by atoms with Gasteiger partial charge < -0.3 is 5.32 Å². The Labute approximate surface area is 126 Å². The zero-order chi connectivity index (χ0) is 14.6. The predicted octanol–water partition coefficient (Wildman–Crippen LogP) is 2.35. The van der Waals surface area contributed by atoms with Crippen LogP contribution in [0.5, 0.6) is 0 Å². The number of halogens is 1. The number of sulfonamides is 1. The fourth-order valence-electron chi connectivity index (χ4n) is 2.46. The van der Waals surface area contributed by atoms with Crippen LogP contribution in [0.4, 0.5) is 0 Å². The van der Waals surface area contributed by atoms with E-state index in [2.05, 4.69) is 12.2 Å². The van der Waals surface area contributed by atoms with Crippen molar-refractivity contribution in [3.63, 3.8) is 0 Å². The third-order valence-corrected chi connectivity index (χ3v) is 5.87. The molecule has 0 radical (unpaired) electrons. The van der Waals surface area contributed by atoms with Crippen LogP contribution in [0, 0.1) is 5.92 Å². The monoisotopic (exact) mass is 316 g/mol. The molecule has 0 unspecified atom stereocenters. The number of piperidine rings is 1. The summed E-state index contributed by atoms with van der Waals surface area (Å²) in [5.41, 5.74) is 0. The van der Waals surface area contributed by atoms with Crippen LogP contribution in [-0.2, 0) is 10.0 Å². The summed E-state index contributed by atoms with van der Waals surface area (Å²) in [6.07, 6.45) is 1.83. The number of nitrogens with one attached hydrogen (secondary N) is 1. The second-order valence-corrected chi connectivity index (χ2v) is 7.48. The summed E-state index contributed by atoms with van der Waals surface area (Å²) < 4.78 is 26.6. The van der Waals surface area contributed by atoms with Gasteiger partial charge in [-0.1, -0.05) is 18.5 Å². The van der Waals surface area contributed by atoms with Crippen molar-refractivity contribution < 1.29 is 8.42 Å². The fourth-order valence-corrected chi connectivity index (χ4v) is 4.05. The third kappa shape index (κ3) is 3.73. The van der Waals surface area contributed by atoms with Gasteiger partial charge >= 0.3 is 0 Å². The smallest absolute Gasteiger partial charge is 0.243 e. The lowest BCUT2D eigenvalue weighted by molar-refractivity contribution is 0.268. The molecule has 0 aromatic heterocycles. The first-order chi connectivity index (χ1) is 9.54. The number of rotatable bonds is 5. The molecule has 1 N–H and O–H groups in total. The molecule has 1 saturated heterocycles. The molecular weight excluding hydrogens is 296 g/mol. The first kappa shape index (κ1) is 15.8. The van der Waals surface area contributed by atoms with Crippen molar-refractivity contribution >= 4 is 21.6 Å². The molecule has 1 heterocycles. The van der Waals surface area contributed by atoms with E-state index in [-0.39, 0.29) is 0 Å². The molecule has 2 rings (SSSR count). The van der Waals surface area contributed by atoms with E-state index in [1.807, 2.05) is 0 Å². The highest BCUT2D eigenvalue weighted by Gasteiger charge is 2.28. The Morgan fingerprint density at radius 3 is 2.40 bits per heavy atom. The van der Waals surface area contributed by atoms with Gasteiger partial charge in [-0.25, -0.2) is 8.42 Å². The van der Waals surface area contributed by atoms with Crippen LogP contribution in [0.1, 0.15) is 19.8 Å².